The van der Waals surface area contributed by atoms with Crippen LogP contribution in [0.3, 0.4) is 0 Å². The van der Waals surface area contributed by atoms with Crippen molar-refractivity contribution in [1.82, 2.24) is 9.96 Å². The van der Waals surface area contributed by atoms with Gasteiger partial charge in [-0.25, -0.2) is 4.39 Å². The highest BCUT2D eigenvalue weighted by Crippen LogP contribution is 2.36. The molecule has 0 saturated carbocycles. The first kappa shape index (κ1) is 19.1. The molecule has 5 nitrogen and oxygen atoms in total. The largest absolute Gasteiger partial charge is 0.416 e. The summed E-state index contributed by atoms with van der Waals surface area (Å²) in [4.78, 5) is 25.4. The monoisotopic (exact) mass is 402 g/mol. The number of alkyl halides is 3. The zero-order chi connectivity index (χ0) is 19.9. The predicted molar refractivity (Wildman–Crippen MR) is 85.3 cm³/mol. The van der Waals surface area contributed by atoms with Gasteiger partial charge in [0.15, 0.2) is 6.17 Å². The van der Waals surface area contributed by atoms with Gasteiger partial charge in [-0.3, -0.25) is 14.8 Å². The number of amides is 2. The second kappa shape index (κ2) is 6.82. The van der Waals surface area contributed by atoms with Crippen LogP contribution in [0.2, 0.25) is 5.02 Å². The lowest BCUT2D eigenvalue weighted by Crippen LogP contribution is -2.35. The lowest BCUT2D eigenvalue weighted by molar-refractivity contribution is -0.168. The third-order valence-electron chi connectivity index (χ3n) is 4.04. The summed E-state index contributed by atoms with van der Waals surface area (Å²) in [6.07, 6.45) is -6.22. The highest BCUT2D eigenvalue weighted by molar-refractivity contribution is 6.33. The highest BCUT2D eigenvalue weighted by Gasteiger charge is 2.43. The Balaban J connectivity index is 2.06. The molecule has 3 rings (SSSR count). The van der Waals surface area contributed by atoms with Crippen LogP contribution in [0.15, 0.2) is 42.5 Å². The molecule has 27 heavy (non-hydrogen) atoms. The average molecular weight is 403 g/mol. The van der Waals surface area contributed by atoms with Crippen molar-refractivity contribution in [1.29, 1.82) is 0 Å². The molecule has 1 atom stereocenters. The van der Waals surface area contributed by atoms with Crippen LogP contribution >= 0.6 is 11.6 Å². The van der Waals surface area contributed by atoms with Gasteiger partial charge in [-0.2, -0.15) is 18.2 Å². The Bertz CT molecular complexity index is 899. The van der Waals surface area contributed by atoms with Crippen LogP contribution in [0.25, 0.3) is 0 Å². The van der Waals surface area contributed by atoms with E-state index in [9.17, 15) is 32.4 Å². The van der Waals surface area contributed by atoms with Gasteiger partial charge in [-0.15, -0.1) is 0 Å². The zero-order valence-corrected chi connectivity index (χ0v) is 14.1. The van der Waals surface area contributed by atoms with Gasteiger partial charge < -0.3 is 4.90 Å². The molecular formula is C17H11ClF4N2O3. The second-order valence-corrected chi connectivity index (χ2v) is 6.17. The van der Waals surface area contributed by atoms with Crippen molar-refractivity contribution in [3.8, 4) is 0 Å². The minimum Gasteiger partial charge on any atom is -0.302 e. The maximum Gasteiger partial charge on any atom is 0.416 e. The van der Waals surface area contributed by atoms with Crippen LogP contribution in [-0.4, -0.2) is 33.5 Å². The van der Waals surface area contributed by atoms with Crippen LogP contribution in [-0.2, 0) is 11.0 Å². The Labute approximate surface area is 155 Å². The van der Waals surface area contributed by atoms with E-state index in [1.807, 2.05) is 0 Å². The number of hydrogen-bond acceptors (Lipinski definition) is 3. The van der Waals surface area contributed by atoms with E-state index in [1.54, 1.807) is 0 Å². The van der Waals surface area contributed by atoms with Crippen LogP contribution in [0.5, 0.6) is 0 Å². The Morgan fingerprint density at radius 1 is 1.19 bits per heavy atom. The third-order valence-corrected chi connectivity index (χ3v) is 4.35. The molecule has 2 aromatic rings. The van der Waals surface area contributed by atoms with Crippen molar-refractivity contribution >= 4 is 23.4 Å². The molecule has 0 bridgehead atoms. The van der Waals surface area contributed by atoms with Crippen LogP contribution in [0, 0.1) is 5.82 Å². The van der Waals surface area contributed by atoms with Gasteiger partial charge in [0.2, 0.25) is 0 Å². The van der Waals surface area contributed by atoms with E-state index >= 15 is 0 Å². The molecule has 0 radical (unpaired) electrons. The number of benzene rings is 2. The van der Waals surface area contributed by atoms with Gasteiger partial charge in [0.25, 0.3) is 11.8 Å². The molecule has 0 aromatic heterocycles. The Kier molecular flexibility index (Phi) is 4.83. The number of nitrogens with zero attached hydrogens (tertiary/aromatic N) is 2. The molecule has 1 heterocycles. The number of carbonyl (C=O) groups is 2. The fourth-order valence-corrected chi connectivity index (χ4v) is 3.04. The Morgan fingerprint density at radius 2 is 1.85 bits per heavy atom. The molecule has 2 amide bonds. The molecule has 1 fully saturated rings. The fourth-order valence-electron chi connectivity index (χ4n) is 2.80. The highest BCUT2D eigenvalue weighted by atomic mass is 35.5. The minimum absolute atomic E-state index is 0.141. The van der Waals surface area contributed by atoms with Crippen molar-refractivity contribution in [3.63, 3.8) is 0 Å². The van der Waals surface area contributed by atoms with Gasteiger partial charge in [0, 0.05) is 0 Å². The molecule has 0 aliphatic carbocycles. The van der Waals surface area contributed by atoms with E-state index in [-0.39, 0.29) is 15.6 Å². The average Bonchev–Trinajstić information content (AvgIpc) is 2.89. The predicted octanol–water partition coefficient (Wildman–Crippen LogP) is 3.87. The molecular weight excluding hydrogens is 392 g/mol. The first-order valence-electron chi connectivity index (χ1n) is 7.54. The first-order valence-corrected chi connectivity index (χ1v) is 7.92. The summed E-state index contributed by atoms with van der Waals surface area (Å²) in [7, 11) is 0. The molecule has 142 valence electrons. The van der Waals surface area contributed by atoms with Gasteiger partial charge in [-0.05, 0) is 29.8 Å². The fraction of sp³-hybridized carbons (Fsp3) is 0.176. The quantitative estimate of drug-likeness (QED) is 0.613. The van der Waals surface area contributed by atoms with Gasteiger partial charge in [0.1, 0.15) is 12.4 Å². The maximum absolute atomic E-state index is 14.1. The SMILES string of the molecule is O=C1CN(C(=O)c2c(F)cccc2Cl)C(c2cccc(C(F)(F)F)c2)N1O. The Morgan fingerprint density at radius 3 is 2.48 bits per heavy atom. The lowest BCUT2D eigenvalue weighted by atomic mass is 10.1. The van der Waals surface area contributed by atoms with Crippen molar-refractivity contribution in [3.05, 3.63) is 70.0 Å². The van der Waals surface area contributed by atoms with Crippen molar-refractivity contribution < 1.29 is 32.4 Å². The summed E-state index contributed by atoms with van der Waals surface area (Å²) in [6.45, 7) is -0.652. The number of carbonyl (C=O) groups excluding carboxylic acids is 2. The van der Waals surface area contributed by atoms with Crippen molar-refractivity contribution in [2.45, 2.75) is 12.3 Å². The van der Waals surface area contributed by atoms with E-state index in [2.05, 4.69) is 0 Å². The number of rotatable bonds is 2. The summed E-state index contributed by atoms with van der Waals surface area (Å²) in [5, 5.41) is 9.90. The standard InChI is InChI=1S/C17H11ClF4N2O3/c18-11-5-2-6-12(19)14(11)16(26)23-8-13(25)24(27)15(23)9-3-1-4-10(7-9)17(20,21)22/h1-7,15,27H,8H2. The van der Waals surface area contributed by atoms with Gasteiger partial charge in [-0.1, -0.05) is 29.8 Å². The van der Waals surface area contributed by atoms with Crippen LogP contribution in [0.1, 0.15) is 27.7 Å². The van der Waals surface area contributed by atoms with Gasteiger partial charge >= 0.3 is 6.18 Å². The zero-order valence-electron chi connectivity index (χ0n) is 13.4. The molecule has 1 N–H and O–H groups in total. The summed E-state index contributed by atoms with van der Waals surface area (Å²) in [6, 6.07) is 7.31. The maximum atomic E-state index is 14.1. The number of hydrogen-bond donors (Lipinski definition) is 1. The molecule has 1 saturated heterocycles. The van der Waals surface area contributed by atoms with Gasteiger partial charge in [0.05, 0.1) is 16.1 Å². The summed E-state index contributed by atoms with van der Waals surface area (Å²) >= 11 is 5.86. The van der Waals surface area contributed by atoms with Crippen molar-refractivity contribution in [2.24, 2.45) is 0 Å². The molecule has 0 spiro atoms. The first-order chi connectivity index (χ1) is 12.6. The minimum atomic E-state index is -4.66. The number of hydroxylamine groups is 2. The van der Waals surface area contributed by atoms with Crippen LogP contribution < -0.4 is 0 Å². The molecule has 1 aliphatic heterocycles. The topological polar surface area (TPSA) is 60.9 Å². The molecule has 10 heteroatoms. The molecule has 2 aromatic carbocycles. The van der Waals surface area contributed by atoms with E-state index in [0.717, 1.165) is 23.1 Å². The third kappa shape index (κ3) is 3.47. The van der Waals surface area contributed by atoms with E-state index in [4.69, 9.17) is 11.6 Å². The molecule has 1 aliphatic rings. The molecule has 1 unspecified atom stereocenters. The summed E-state index contributed by atoms with van der Waals surface area (Å²) < 4.78 is 53.0. The number of halogens is 5. The van der Waals surface area contributed by atoms with E-state index in [0.29, 0.717) is 6.07 Å². The summed E-state index contributed by atoms with van der Waals surface area (Å²) in [5.74, 6) is -2.93. The smallest absolute Gasteiger partial charge is 0.302 e. The van der Waals surface area contributed by atoms with E-state index < -0.39 is 47.6 Å². The Hall–Kier alpha value is -2.65. The van der Waals surface area contributed by atoms with E-state index in [1.165, 1.54) is 18.2 Å². The van der Waals surface area contributed by atoms with Crippen molar-refractivity contribution in [2.75, 3.05) is 6.54 Å². The second-order valence-electron chi connectivity index (χ2n) is 5.76. The summed E-state index contributed by atoms with van der Waals surface area (Å²) in [5.41, 5.74) is -1.73. The normalized spacial score (nSPS) is 17.6. The van der Waals surface area contributed by atoms with Crippen LogP contribution in [0.4, 0.5) is 17.6 Å². The lowest BCUT2D eigenvalue weighted by Gasteiger charge is -2.27.